The highest BCUT2D eigenvalue weighted by Crippen LogP contribution is 2.17. The number of aromatic nitrogens is 3. The number of carbonyl (C=O) groups is 1. The monoisotopic (exact) mass is 325 g/mol. The van der Waals surface area contributed by atoms with Gasteiger partial charge in [-0.3, -0.25) is 9.36 Å². The summed E-state index contributed by atoms with van der Waals surface area (Å²) in [6, 6.07) is 6.53. The first-order valence-corrected chi connectivity index (χ1v) is 7.74. The van der Waals surface area contributed by atoms with E-state index in [-0.39, 0.29) is 12.2 Å². The standard InChI is InChI=1S/C17H15N3O4/c1-10-7-12(19-24-10)9-23-17(22)11-4-5-13-14(8-11)18-15-3-2-6-20(15)16(13)21/h4-5,7-8H,2-3,6,9H2,1H3. The van der Waals surface area contributed by atoms with Gasteiger partial charge in [0.2, 0.25) is 0 Å². The molecule has 0 bridgehead atoms. The number of nitrogens with zero attached hydrogens (tertiary/aromatic N) is 3. The van der Waals surface area contributed by atoms with Gasteiger partial charge in [-0.2, -0.15) is 0 Å². The van der Waals surface area contributed by atoms with Crippen molar-refractivity contribution in [1.82, 2.24) is 14.7 Å². The summed E-state index contributed by atoms with van der Waals surface area (Å²) in [6.07, 6.45) is 1.70. The van der Waals surface area contributed by atoms with E-state index in [0.29, 0.717) is 34.5 Å². The molecule has 0 atom stereocenters. The molecule has 3 heterocycles. The molecule has 122 valence electrons. The van der Waals surface area contributed by atoms with Crippen molar-refractivity contribution in [2.45, 2.75) is 32.9 Å². The van der Waals surface area contributed by atoms with Crippen LogP contribution in [0.1, 0.15) is 34.1 Å². The average Bonchev–Trinajstić information content (AvgIpc) is 3.21. The van der Waals surface area contributed by atoms with Crippen LogP contribution in [-0.4, -0.2) is 20.7 Å². The zero-order valence-corrected chi connectivity index (χ0v) is 13.1. The summed E-state index contributed by atoms with van der Waals surface area (Å²) < 4.78 is 11.9. The smallest absolute Gasteiger partial charge is 0.338 e. The van der Waals surface area contributed by atoms with Crippen molar-refractivity contribution in [2.75, 3.05) is 0 Å². The van der Waals surface area contributed by atoms with Crippen LogP contribution >= 0.6 is 0 Å². The Morgan fingerprint density at radius 1 is 1.38 bits per heavy atom. The lowest BCUT2D eigenvalue weighted by Crippen LogP contribution is -2.21. The van der Waals surface area contributed by atoms with E-state index < -0.39 is 5.97 Å². The lowest BCUT2D eigenvalue weighted by atomic mass is 10.1. The molecule has 0 aliphatic carbocycles. The fourth-order valence-electron chi connectivity index (χ4n) is 2.92. The molecular weight excluding hydrogens is 310 g/mol. The highest BCUT2D eigenvalue weighted by atomic mass is 16.5. The molecule has 24 heavy (non-hydrogen) atoms. The molecule has 0 unspecified atom stereocenters. The van der Waals surface area contributed by atoms with Crippen LogP contribution in [0.5, 0.6) is 0 Å². The molecule has 1 aliphatic rings. The van der Waals surface area contributed by atoms with Gasteiger partial charge in [-0.25, -0.2) is 9.78 Å². The number of ether oxygens (including phenoxy) is 1. The number of carbonyl (C=O) groups excluding carboxylic acids is 1. The molecule has 0 saturated carbocycles. The van der Waals surface area contributed by atoms with Gasteiger partial charge < -0.3 is 9.26 Å². The largest absolute Gasteiger partial charge is 0.455 e. The van der Waals surface area contributed by atoms with Gasteiger partial charge in [0.15, 0.2) is 0 Å². The van der Waals surface area contributed by atoms with E-state index in [1.165, 1.54) is 0 Å². The van der Waals surface area contributed by atoms with Crippen LogP contribution in [0.15, 0.2) is 33.6 Å². The summed E-state index contributed by atoms with van der Waals surface area (Å²) >= 11 is 0. The number of esters is 1. The predicted octanol–water partition coefficient (Wildman–Crippen LogP) is 2.00. The first-order valence-electron chi connectivity index (χ1n) is 7.74. The third-order valence-electron chi connectivity index (χ3n) is 4.08. The van der Waals surface area contributed by atoms with Crippen molar-refractivity contribution in [2.24, 2.45) is 0 Å². The predicted molar refractivity (Wildman–Crippen MR) is 84.7 cm³/mol. The first kappa shape index (κ1) is 14.6. The topological polar surface area (TPSA) is 87.2 Å². The van der Waals surface area contributed by atoms with Crippen LogP contribution in [0.2, 0.25) is 0 Å². The lowest BCUT2D eigenvalue weighted by molar-refractivity contribution is 0.0464. The minimum absolute atomic E-state index is 0.0362. The third-order valence-corrected chi connectivity index (χ3v) is 4.08. The van der Waals surface area contributed by atoms with Crippen LogP contribution in [-0.2, 0) is 24.3 Å². The molecule has 0 radical (unpaired) electrons. The van der Waals surface area contributed by atoms with Crippen molar-refractivity contribution in [3.8, 4) is 0 Å². The molecule has 2 aromatic heterocycles. The summed E-state index contributed by atoms with van der Waals surface area (Å²) in [6.45, 7) is 2.51. The molecular formula is C17H15N3O4. The van der Waals surface area contributed by atoms with Gasteiger partial charge in [-0.05, 0) is 31.5 Å². The van der Waals surface area contributed by atoms with Crippen molar-refractivity contribution >= 4 is 16.9 Å². The van der Waals surface area contributed by atoms with Gasteiger partial charge in [0.1, 0.15) is 23.9 Å². The average molecular weight is 325 g/mol. The molecule has 0 amide bonds. The minimum atomic E-state index is -0.486. The Kier molecular flexibility index (Phi) is 3.41. The number of hydrogen-bond donors (Lipinski definition) is 0. The zero-order chi connectivity index (χ0) is 16.7. The fraction of sp³-hybridized carbons (Fsp3) is 0.294. The maximum atomic E-state index is 12.4. The fourth-order valence-corrected chi connectivity index (χ4v) is 2.92. The number of benzene rings is 1. The van der Waals surface area contributed by atoms with Crippen molar-refractivity contribution in [3.05, 3.63) is 57.5 Å². The molecule has 1 aliphatic heterocycles. The van der Waals surface area contributed by atoms with Crippen LogP contribution in [0.4, 0.5) is 0 Å². The zero-order valence-electron chi connectivity index (χ0n) is 13.1. The second kappa shape index (κ2) is 5.59. The van der Waals surface area contributed by atoms with Gasteiger partial charge in [-0.1, -0.05) is 5.16 Å². The quantitative estimate of drug-likeness (QED) is 0.685. The molecule has 7 nitrogen and oxygen atoms in total. The molecule has 0 saturated heterocycles. The van der Waals surface area contributed by atoms with Gasteiger partial charge in [0.25, 0.3) is 5.56 Å². The SMILES string of the molecule is Cc1cc(COC(=O)c2ccc3c(=O)n4c(nc3c2)CCC4)no1. The third kappa shape index (κ3) is 2.47. The van der Waals surface area contributed by atoms with Crippen molar-refractivity contribution < 1.29 is 14.1 Å². The van der Waals surface area contributed by atoms with Crippen LogP contribution in [0.3, 0.4) is 0 Å². The van der Waals surface area contributed by atoms with Gasteiger partial charge in [-0.15, -0.1) is 0 Å². The minimum Gasteiger partial charge on any atom is -0.455 e. The maximum Gasteiger partial charge on any atom is 0.338 e. The first-order chi connectivity index (χ1) is 11.6. The van der Waals surface area contributed by atoms with E-state index >= 15 is 0 Å². The number of rotatable bonds is 3. The Morgan fingerprint density at radius 3 is 3.04 bits per heavy atom. The van der Waals surface area contributed by atoms with E-state index in [4.69, 9.17) is 9.26 Å². The van der Waals surface area contributed by atoms with E-state index in [0.717, 1.165) is 18.7 Å². The van der Waals surface area contributed by atoms with E-state index in [2.05, 4.69) is 10.1 Å². The van der Waals surface area contributed by atoms with Crippen LogP contribution in [0, 0.1) is 6.92 Å². The Labute approximate surface area is 136 Å². The van der Waals surface area contributed by atoms with E-state index in [1.54, 1.807) is 35.8 Å². The molecule has 3 aromatic rings. The molecule has 0 N–H and O–H groups in total. The maximum absolute atomic E-state index is 12.4. The van der Waals surface area contributed by atoms with Gasteiger partial charge >= 0.3 is 5.97 Å². The normalized spacial score (nSPS) is 13.2. The Bertz CT molecular complexity index is 1000. The number of fused-ring (bicyclic) bond motifs is 2. The lowest BCUT2D eigenvalue weighted by Gasteiger charge is -2.07. The highest BCUT2D eigenvalue weighted by molar-refractivity contribution is 5.94. The number of aryl methyl sites for hydroxylation is 2. The van der Waals surface area contributed by atoms with Gasteiger partial charge in [0, 0.05) is 19.0 Å². The van der Waals surface area contributed by atoms with E-state index in [9.17, 15) is 9.59 Å². The second-order valence-corrected chi connectivity index (χ2v) is 5.83. The van der Waals surface area contributed by atoms with Crippen LogP contribution in [0.25, 0.3) is 10.9 Å². The van der Waals surface area contributed by atoms with E-state index in [1.807, 2.05) is 0 Å². The Hall–Kier alpha value is -2.96. The summed E-state index contributed by atoms with van der Waals surface area (Å²) in [5.74, 6) is 0.946. The van der Waals surface area contributed by atoms with Gasteiger partial charge in [0.05, 0.1) is 16.5 Å². The Morgan fingerprint density at radius 2 is 2.25 bits per heavy atom. The molecule has 7 heteroatoms. The van der Waals surface area contributed by atoms with Crippen molar-refractivity contribution in [1.29, 1.82) is 0 Å². The second-order valence-electron chi connectivity index (χ2n) is 5.83. The summed E-state index contributed by atoms with van der Waals surface area (Å²) in [7, 11) is 0. The number of hydrogen-bond acceptors (Lipinski definition) is 6. The molecule has 1 aromatic carbocycles. The summed E-state index contributed by atoms with van der Waals surface area (Å²) in [5, 5.41) is 4.29. The van der Waals surface area contributed by atoms with Crippen molar-refractivity contribution in [3.63, 3.8) is 0 Å². The molecule has 0 fully saturated rings. The summed E-state index contributed by atoms with van der Waals surface area (Å²) in [5.41, 5.74) is 1.39. The Balaban J connectivity index is 1.61. The summed E-state index contributed by atoms with van der Waals surface area (Å²) in [4.78, 5) is 29.1. The van der Waals surface area contributed by atoms with Crippen LogP contribution < -0.4 is 5.56 Å². The highest BCUT2D eigenvalue weighted by Gasteiger charge is 2.17. The molecule has 0 spiro atoms. The molecule has 4 rings (SSSR count).